The van der Waals surface area contributed by atoms with Crippen LogP contribution in [0.15, 0.2) is 23.3 Å². The van der Waals surface area contributed by atoms with Gasteiger partial charge in [0, 0.05) is 6.08 Å². The number of allylic oxidation sites excluding steroid dienone is 3. The quantitative estimate of drug-likeness (QED) is 0.538. The van der Waals surface area contributed by atoms with E-state index < -0.39 is 5.97 Å². The first-order chi connectivity index (χ1) is 6.74. The van der Waals surface area contributed by atoms with Crippen molar-refractivity contribution in [2.45, 2.75) is 45.4 Å². The van der Waals surface area contributed by atoms with Crippen LogP contribution in [0.25, 0.3) is 0 Å². The molecule has 0 atom stereocenters. The van der Waals surface area contributed by atoms with E-state index in [-0.39, 0.29) is 0 Å². The summed E-state index contributed by atoms with van der Waals surface area (Å²) in [6.45, 7) is 2.18. The molecule has 0 aromatic carbocycles. The van der Waals surface area contributed by atoms with Crippen molar-refractivity contribution in [2.75, 3.05) is 0 Å². The Hall–Kier alpha value is -1.05. The molecule has 0 unspecified atom stereocenters. The van der Waals surface area contributed by atoms with Gasteiger partial charge in [0.25, 0.3) is 0 Å². The number of carbonyl (C=O) groups is 1. The van der Waals surface area contributed by atoms with E-state index in [9.17, 15) is 4.79 Å². The molecule has 0 heterocycles. The first-order valence-electron chi connectivity index (χ1n) is 5.37. The van der Waals surface area contributed by atoms with Gasteiger partial charge in [0.1, 0.15) is 0 Å². The van der Waals surface area contributed by atoms with Gasteiger partial charge in [-0.2, -0.15) is 0 Å². The fourth-order valence-corrected chi connectivity index (χ4v) is 1.84. The molecule has 0 fully saturated rings. The molecule has 0 aromatic rings. The second-order valence-corrected chi connectivity index (χ2v) is 3.73. The van der Waals surface area contributed by atoms with Crippen LogP contribution in [0, 0.1) is 0 Å². The Balaban J connectivity index is 2.47. The lowest BCUT2D eigenvalue weighted by Gasteiger charge is -2.03. The Morgan fingerprint density at radius 3 is 3.00 bits per heavy atom. The predicted octanol–water partition coefficient (Wildman–Crippen LogP) is 3.30. The maximum atomic E-state index is 10.5. The summed E-state index contributed by atoms with van der Waals surface area (Å²) in [5, 5.41) is 8.66. The molecule has 14 heavy (non-hydrogen) atoms. The van der Waals surface area contributed by atoms with Crippen LogP contribution in [0.5, 0.6) is 0 Å². The highest BCUT2D eigenvalue weighted by Gasteiger charge is 2.11. The number of rotatable bonds is 5. The average Bonchev–Trinajstić information content (AvgIpc) is 2.52. The molecular formula is C12H18O2. The lowest BCUT2D eigenvalue weighted by Crippen LogP contribution is -1.93. The molecule has 2 nitrogen and oxygen atoms in total. The van der Waals surface area contributed by atoms with E-state index in [0.717, 1.165) is 24.8 Å². The van der Waals surface area contributed by atoms with Crippen molar-refractivity contribution in [3.8, 4) is 0 Å². The van der Waals surface area contributed by atoms with Gasteiger partial charge < -0.3 is 5.11 Å². The van der Waals surface area contributed by atoms with E-state index in [1.165, 1.54) is 30.9 Å². The Labute approximate surface area is 85.3 Å². The molecule has 0 aromatic heterocycles. The minimum Gasteiger partial charge on any atom is -0.478 e. The number of unbranched alkanes of at least 4 members (excludes halogenated alkanes) is 2. The normalized spacial score (nSPS) is 18.6. The molecular weight excluding hydrogens is 176 g/mol. The molecule has 1 rings (SSSR count). The van der Waals surface area contributed by atoms with Crippen LogP contribution >= 0.6 is 0 Å². The van der Waals surface area contributed by atoms with Gasteiger partial charge in [0.05, 0.1) is 0 Å². The Morgan fingerprint density at radius 2 is 2.36 bits per heavy atom. The number of carboxylic acids is 1. The van der Waals surface area contributed by atoms with Crippen molar-refractivity contribution in [3.05, 3.63) is 23.3 Å². The second kappa shape index (κ2) is 5.63. The topological polar surface area (TPSA) is 37.3 Å². The van der Waals surface area contributed by atoms with E-state index in [2.05, 4.69) is 13.0 Å². The van der Waals surface area contributed by atoms with Crippen LogP contribution < -0.4 is 0 Å². The van der Waals surface area contributed by atoms with Crippen LogP contribution in [0.4, 0.5) is 0 Å². The largest absolute Gasteiger partial charge is 0.478 e. The smallest absolute Gasteiger partial charge is 0.328 e. The third-order valence-corrected chi connectivity index (χ3v) is 2.56. The van der Waals surface area contributed by atoms with Crippen molar-refractivity contribution < 1.29 is 9.90 Å². The summed E-state index contributed by atoms with van der Waals surface area (Å²) in [5.41, 5.74) is 2.30. The molecule has 1 N–H and O–H groups in total. The van der Waals surface area contributed by atoms with Crippen molar-refractivity contribution >= 4 is 5.97 Å². The number of carboxylic acid groups (broad SMARTS) is 1. The second-order valence-electron chi connectivity index (χ2n) is 3.73. The van der Waals surface area contributed by atoms with Crippen LogP contribution in [-0.4, -0.2) is 11.1 Å². The Kier molecular flexibility index (Phi) is 4.44. The molecule has 1 aliphatic carbocycles. The molecule has 0 aliphatic heterocycles. The Bertz CT molecular complexity index is 261. The highest BCUT2D eigenvalue weighted by molar-refractivity contribution is 5.82. The summed E-state index contributed by atoms with van der Waals surface area (Å²) >= 11 is 0. The molecule has 2 heteroatoms. The lowest BCUT2D eigenvalue weighted by molar-refractivity contribution is -0.131. The van der Waals surface area contributed by atoms with E-state index in [1.807, 2.05) is 0 Å². The van der Waals surface area contributed by atoms with Gasteiger partial charge in [-0.15, -0.1) is 0 Å². The fraction of sp³-hybridized carbons (Fsp3) is 0.583. The van der Waals surface area contributed by atoms with Gasteiger partial charge >= 0.3 is 5.97 Å². The van der Waals surface area contributed by atoms with Crippen LogP contribution in [-0.2, 0) is 4.79 Å². The highest BCUT2D eigenvalue weighted by atomic mass is 16.4. The SMILES string of the molecule is CCCCCC1=CCCC1=CC(=O)O. The molecule has 0 spiro atoms. The zero-order valence-corrected chi connectivity index (χ0v) is 8.75. The monoisotopic (exact) mass is 194 g/mol. The molecule has 0 radical (unpaired) electrons. The predicted molar refractivity (Wildman–Crippen MR) is 57.2 cm³/mol. The zero-order chi connectivity index (χ0) is 10.4. The van der Waals surface area contributed by atoms with Crippen molar-refractivity contribution in [3.63, 3.8) is 0 Å². The third-order valence-electron chi connectivity index (χ3n) is 2.56. The average molecular weight is 194 g/mol. The third kappa shape index (κ3) is 3.36. The van der Waals surface area contributed by atoms with Crippen LogP contribution in [0.3, 0.4) is 0 Å². The molecule has 0 bridgehead atoms. The fourth-order valence-electron chi connectivity index (χ4n) is 1.84. The van der Waals surface area contributed by atoms with Gasteiger partial charge in [-0.3, -0.25) is 0 Å². The summed E-state index contributed by atoms with van der Waals surface area (Å²) in [6, 6.07) is 0. The van der Waals surface area contributed by atoms with E-state index in [4.69, 9.17) is 5.11 Å². The maximum absolute atomic E-state index is 10.5. The number of hydrogen-bond acceptors (Lipinski definition) is 1. The minimum atomic E-state index is -0.816. The molecule has 0 saturated carbocycles. The first kappa shape index (κ1) is 11.0. The summed E-state index contributed by atoms with van der Waals surface area (Å²) in [4.78, 5) is 10.5. The van der Waals surface area contributed by atoms with E-state index in [1.54, 1.807) is 0 Å². The summed E-state index contributed by atoms with van der Waals surface area (Å²) in [7, 11) is 0. The molecule has 1 aliphatic rings. The number of hydrogen-bond donors (Lipinski definition) is 1. The Morgan fingerprint density at radius 1 is 1.57 bits per heavy atom. The highest BCUT2D eigenvalue weighted by Crippen LogP contribution is 2.28. The zero-order valence-electron chi connectivity index (χ0n) is 8.75. The molecule has 0 saturated heterocycles. The van der Waals surface area contributed by atoms with Gasteiger partial charge in [-0.05, 0) is 36.8 Å². The summed E-state index contributed by atoms with van der Waals surface area (Å²) in [6.07, 6.45) is 10.2. The molecule has 0 amide bonds. The molecule has 78 valence electrons. The maximum Gasteiger partial charge on any atom is 0.328 e. The van der Waals surface area contributed by atoms with E-state index >= 15 is 0 Å². The van der Waals surface area contributed by atoms with E-state index in [0.29, 0.717) is 0 Å². The summed E-state index contributed by atoms with van der Waals surface area (Å²) < 4.78 is 0. The van der Waals surface area contributed by atoms with Gasteiger partial charge in [-0.1, -0.05) is 25.8 Å². The van der Waals surface area contributed by atoms with Gasteiger partial charge in [-0.25, -0.2) is 4.79 Å². The number of aliphatic carboxylic acids is 1. The standard InChI is InChI=1S/C12H18O2/c1-2-3-4-6-10-7-5-8-11(10)9-12(13)14/h7,9H,2-6,8H2,1H3,(H,13,14). The first-order valence-corrected chi connectivity index (χ1v) is 5.37. The minimum absolute atomic E-state index is 0.816. The summed E-state index contributed by atoms with van der Waals surface area (Å²) in [5.74, 6) is -0.816. The van der Waals surface area contributed by atoms with Crippen molar-refractivity contribution in [2.24, 2.45) is 0 Å². The van der Waals surface area contributed by atoms with Crippen LogP contribution in [0.1, 0.15) is 45.4 Å². The van der Waals surface area contributed by atoms with Crippen molar-refractivity contribution in [1.29, 1.82) is 0 Å². The van der Waals surface area contributed by atoms with Gasteiger partial charge in [0.2, 0.25) is 0 Å². The van der Waals surface area contributed by atoms with Gasteiger partial charge in [0.15, 0.2) is 0 Å². The van der Waals surface area contributed by atoms with Crippen LogP contribution in [0.2, 0.25) is 0 Å². The van der Waals surface area contributed by atoms with Crippen molar-refractivity contribution in [1.82, 2.24) is 0 Å². The lowest BCUT2D eigenvalue weighted by atomic mass is 10.0.